The normalized spacial score (nSPS) is 18.8. The fraction of sp³-hybridized carbons (Fsp3) is 0.462. The zero-order chi connectivity index (χ0) is 13.9. The number of hydrogen-bond acceptors (Lipinski definition) is 3. The van der Waals surface area contributed by atoms with Crippen LogP contribution in [0.3, 0.4) is 0 Å². The van der Waals surface area contributed by atoms with Gasteiger partial charge in [0.15, 0.2) is 6.10 Å². The summed E-state index contributed by atoms with van der Waals surface area (Å²) in [5.74, 6) is -3.65. The number of benzene rings is 1. The van der Waals surface area contributed by atoms with E-state index in [1.165, 1.54) is 0 Å². The molecule has 1 heterocycles. The van der Waals surface area contributed by atoms with E-state index in [4.69, 9.17) is 10.5 Å². The van der Waals surface area contributed by atoms with Gasteiger partial charge in [0.2, 0.25) is 0 Å². The Labute approximate surface area is 109 Å². The second-order valence-corrected chi connectivity index (χ2v) is 4.48. The molecule has 19 heavy (non-hydrogen) atoms. The lowest BCUT2D eigenvalue weighted by Gasteiger charge is -2.26. The Bertz CT molecular complexity index is 466. The predicted molar refractivity (Wildman–Crippen MR) is 65.9 cm³/mol. The first-order valence-electron chi connectivity index (χ1n) is 6.08. The Morgan fingerprint density at radius 1 is 1.47 bits per heavy atom. The van der Waals surface area contributed by atoms with Gasteiger partial charge in [0.25, 0.3) is 11.8 Å². The standard InChI is InChI=1S/C13H16F2N2O2/c14-13(15,7-16)8-17-12(18)11-10-4-2-1-3-9(10)5-6-19-11/h1-4,11H,5-8,16H2,(H,17,18). The SMILES string of the molecule is NCC(F)(F)CNC(=O)C1OCCc2ccccc21. The first kappa shape index (κ1) is 13.9. The Hall–Kier alpha value is -1.53. The van der Waals surface area contributed by atoms with Gasteiger partial charge in [0.1, 0.15) is 0 Å². The summed E-state index contributed by atoms with van der Waals surface area (Å²) in [5, 5.41) is 2.19. The van der Waals surface area contributed by atoms with E-state index in [1.807, 2.05) is 12.1 Å². The highest BCUT2D eigenvalue weighted by atomic mass is 19.3. The number of fused-ring (bicyclic) bond motifs is 1. The summed E-state index contributed by atoms with van der Waals surface area (Å²) < 4.78 is 31.4. The van der Waals surface area contributed by atoms with Crippen molar-refractivity contribution in [3.8, 4) is 0 Å². The molecule has 1 atom stereocenters. The molecule has 1 amide bonds. The number of alkyl halides is 2. The van der Waals surface area contributed by atoms with Gasteiger partial charge in [-0.3, -0.25) is 4.79 Å². The van der Waals surface area contributed by atoms with Crippen LogP contribution < -0.4 is 11.1 Å². The molecule has 0 saturated carbocycles. The van der Waals surface area contributed by atoms with E-state index in [2.05, 4.69) is 5.32 Å². The molecule has 0 saturated heterocycles. The van der Waals surface area contributed by atoms with Gasteiger partial charge in [0.05, 0.1) is 19.7 Å². The van der Waals surface area contributed by atoms with Gasteiger partial charge in [-0.15, -0.1) is 0 Å². The molecule has 0 aromatic heterocycles. The zero-order valence-electron chi connectivity index (χ0n) is 10.4. The van der Waals surface area contributed by atoms with Crippen molar-refractivity contribution < 1.29 is 18.3 Å². The van der Waals surface area contributed by atoms with E-state index < -0.39 is 31.0 Å². The van der Waals surface area contributed by atoms with Crippen LogP contribution in [0.1, 0.15) is 17.2 Å². The fourth-order valence-corrected chi connectivity index (χ4v) is 1.99. The second-order valence-electron chi connectivity index (χ2n) is 4.48. The summed E-state index contributed by atoms with van der Waals surface area (Å²) in [7, 11) is 0. The van der Waals surface area contributed by atoms with E-state index in [-0.39, 0.29) is 0 Å². The van der Waals surface area contributed by atoms with Crippen LogP contribution in [0.4, 0.5) is 8.78 Å². The third kappa shape index (κ3) is 3.27. The minimum absolute atomic E-state index is 0.405. The number of nitrogens with one attached hydrogen (secondary N) is 1. The highest BCUT2D eigenvalue weighted by molar-refractivity contribution is 5.82. The van der Waals surface area contributed by atoms with Crippen LogP contribution in [0.25, 0.3) is 0 Å². The molecule has 6 heteroatoms. The quantitative estimate of drug-likeness (QED) is 0.858. The number of halogens is 2. The maximum Gasteiger partial charge on any atom is 0.277 e. The zero-order valence-corrected chi connectivity index (χ0v) is 10.4. The molecule has 0 aliphatic carbocycles. The highest BCUT2D eigenvalue weighted by Crippen LogP contribution is 2.27. The van der Waals surface area contributed by atoms with Crippen LogP contribution in [0.2, 0.25) is 0 Å². The first-order valence-corrected chi connectivity index (χ1v) is 6.08. The molecule has 3 N–H and O–H groups in total. The number of amides is 1. The second kappa shape index (κ2) is 5.63. The van der Waals surface area contributed by atoms with E-state index in [1.54, 1.807) is 12.1 Å². The smallest absolute Gasteiger partial charge is 0.277 e. The number of ether oxygens (including phenoxy) is 1. The molecule has 4 nitrogen and oxygen atoms in total. The molecular weight excluding hydrogens is 254 g/mol. The third-order valence-electron chi connectivity index (χ3n) is 3.05. The van der Waals surface area contributed by atoms with Crippen LogP contribution in [-0.2, 0) is 16.0 Å². The molecule has 1 aromatic carbocycles. The van der Waals surface area contributed by atoms with Gasteiger partial charge in [-0.1, -0.05) is 24.3 Å². The van der Waals surface area contributed by atoms with Crippen LogP contribution in [0.5, 0.6) is 0 Å². The van der Waals surface area contributed by atoms with Crippen molar-refractivity contribution in [2.45, 2.75) is 18.4 Å². The maximum atomic E-state index is 13.0. The van der Waals surface area contributed by atoms with Crippen molar-refractivity contribution in [3.05, 3.63) is 35.4 Å². The monoisotopic (exact) mass is 270 g/mol. The van der Waals surface area contributed by atoms with Gasteiger partial charge in [0, 0.05) is 0 Å². The van der Waals surface area contributed by atoms with Crippen molar-refractivity contribution in [2.75, 3.05) is 19.7 Å². The summed E-state index contributed by atoms with van der Waals surface area (Å²) >= 11 is 0. The van der Waals surface area contributed by atoms with Gasteiger partial charge >= 0.3 is 0 Å². The summed E-state index contributed by atoms with van der Waals surface area (Å²) in [6.07, 6.45) is -0.0997. The lowest BCUT2D eigenvalue weighted by atomic mass is 9.97. The minimum atomic E-state index is -3.09. The molecule has 0 bridgehead atoms. The molecule has 1 aliphatic rings. The fourth-order valence-electron chi connectivity index (χ4n) is 1.99. The molecule has 1 aliphatic heterocycles. The highest BCUT2D eigenvalue weighted by Gasteiger charge is 2.31. The lowest BCUT2D eigenvalue weighted by molar-refractivity contribution is -0.135. The molecule has 1 unspecified atom stereocenters. The largest absolute Gasteiger partial charge is 0.363 e. The van der Waals surface area contributed by atoms with Crippen molar-refractivity contribution in [2.24, 2.45) is 5.73 Å². The van der Waals surface area contributed by atoms with Crippen molar-refractivity contribution in [3.63, 3.8) is 0 Å². The van der Waals surface area contributed by atoms with Crippen molar-refractivity contribution >= 4 is 5.91 Å². The summed E-state index contributed by atoms with van der Waals surface area (Å²) in [6, 6.07) is 7.36. The average Bonchev–Trinajstić information content (AvgIpc) is 2.44. The van der Waals surface area contributed by atoms with E-state index in [0.717, 1.165) is 17.5 Å². The number of hydrogen-bond donors (Lipinski definition) is 2. The first-order chi connectivity index (χ1) is 9.03. The Kier molecular flexibility index (Phi) is 4.11. The molecule has 1 aromatic rings. The summed E-state index contributed by atoms with van der Waals surface area (Å²) in [4.78, 5) is 11.9. The molecule has 0 spiro atoms. The van der Waals surface area contributed by atoms with E-state index >= 15 is 0 Å². The van der Waals surface area contributed by atoms with Crippen LogP contribution in [0, 0.1) is 0 Å². The topological polar surface area (TPSA) is 64.3 Å². The van der Waals surface area contributed by atoms with E-state index in [9.17, 15) is 13.6 Å². The number of rotatable bonds is 4. The lowest BCUT2D eigenvalue weighted by Crippen LogP contribution is -2.44. The predicted octanol–water partition coefficient (Wildman–Crippen LogP) is 1.01. The third-order valence-corrected chi connectivity index (χ3v) is 3.05. The Morgan fingerprint density at radius 2 is 2.21 bits per heavy atom. The maximum absolute atomic E-state index is 13.0. The average molecular weight is 270 g/mol. The minimum Gasteiger partial charge on any atom is -0.363 e. The van der Waals surface area contributed by atoms with Crippen molar-refractivity contribution in [1.82, 2.24) is 5.32 Å². The van der Waals surface area contributed by atoms with Crippen molar-refractivity contribution in [1.29, 1.82) is 0 Å². The van der Waals surface area contributed by atoms with Gasteiger partial charge in [-0.2, -0.15) is 0 Å². The van der Waals surface area contributed by atoms with Gasteiger partial charge in [-0.05, 0) is 17.5 Å². The van der Waals surface area contributed by atoms with Crippen LogP contribution in [0.15, 0.2) is 24.3 Å². The van der Waals surface area contributed by atoms with Gasteiger partial charge in [-0.25, -0.2) is 8.78 Å². The molecule has 2 rings (SSSR count). The number of nitrogens with two attached hydrogens (primary N) is 1. The number of carbonyl (C=O) groups excluding carboxylic acids is 1. The Balaban J connectivity index is 2.05. The summed E-state index contributed by atoms with van der Waals surface area (Å²) in [6.45, 7) is -1.16. The molecule has 104 valence electrons. The Morgan fingerprint density at radius 3 is 2.95 bits per heavy atom. The molecule has 0 fully saturated rings. The van der Waals surface area contributed by atoms with Gasteiger partial charge < -0.3 is 15.8 Å². The van der Waals surface area contributed by atoms with Crippen LogP contribution in [-0.4, -0.2) is 31.5 Å². The van der Waals surface area contributed by atoms with E-state index in [0.29, 0.717) is 6.61 Å². The van der Waals surface area contributed by atoms with Crippen LogP contribution >= 0.6 is 0 Å². The molecular formula is C13H16F2N2O2. The number of carbonyl (C=O) groups is 1. The molecule has 0 radical (unpaired) electrons. The summed E-state index contributed by atoms with van der Waals surface area (Å²) in [5.41, 5.74) is 6.67.